The van der Waals surface area contributed by atoms with Crippen LogP contribution in [-0.4, -0.2) is 21.0 Å². The Labute approximate surface area is 170 Å². The number of halogens is 3. The van der Waals surface area contributed by atoms with Gasteiger partial charge in [0.25, 0.3) is 17.2 Å². The summed E-state index contributed by atoms with van der Waals surface area (Å²) in [7, 11) is 0. The predicted octanol–water partition coefficient (Wildman–Crippen LogP) is 4.53. The standard InChI is InChI=1S/C19H13F3N4O3S/c1-8-3-4-14(30-8)12-6-11(15-9(2)26-29-18(15)25-12)16(27)24-13-5-10(19(20,21)22)7-23-17(13)28/h3-7H,1-2H3,(H,23,28)(H,24,27). The van der Waals surface area contributed by atoms with Gasteiger partial charge >= 0.3 is 6.18 Å². The maximum atomic E-state index is 13.0. The van der Waals surface area contributed by atoms with E-state index in [-0.39, 0.29) is 11.3 Å². The number of amides is 1. The van der Waals surface area contributed by atoms with Crippen LogP contribution in [0.3, 0.4) is 0 Å². The maximum Gasteiger partial charge on any atom is 0.417 e. The normalized spacial score (nSPS) is 11.8. The number of hydrogen-bond acceptors (Lipinski definition) is 6. The molecule has 0 atom stereocenters. The number of aromatic amines is 1. The van der Waals surface area contributed by atoms with Gasteiger partial charge in [-0.25, -0.2) is 4.98 Å². The summed E-state index contributed by atoms with van der Waals surface area (Å²) in [6.07, 6.45) is -4.13. The molecule has 2 N–H and O–H groups in total. The van der Waals surface area contributed by atoms with E-state index in [4.69, 9.17) is 4.52 Å². The lowest BCUT2D eigenvalue weighted by Crippen LogP contribution is -2.22. The summed E-state index contributed by atoms with van der Waals surface area (Å²) in [5.41, 5.74) is -1.46. The number of fused-ring (bicyclic) bond motifs is 1. The first-order valence-corrected chi connectivity index (χ1v) is 9.40. The predicted molar refractivity (Wildman–Crippen MR) is 105 cm³/mol. The Bertz CT molecular complexity index is 1340. The highest BCUT2D eigenvalue weighted by atomic mass is 32.1. The Balaban J connectivity index is 1.80. The van der Waals surface area contributed by atoms with Crippen LogP contribution in [0, 0.1) is 13.8 Å². The summed E-state index contributed by atoms with van der Waals surface area (Å²) in [4.78, 5) is 33.1. The number of alkyl halides is 3. The van der Waals surface area contributed by atoms with E-state index >= 15 is 0 Å². The molecule has 7 nitrogen and oxygen atoms in total. The Kier molecular flexibility index (Phi) is 4.69. The highest BCUT2D eigenvalue weighted by molar-refractivity contribution is 7.15. The number of aromatic nitrogens is 3. The molecule has 0 saturated carbocycles. The number of anilines is 1. The van der Waals surface area contributed by atoms with E-state index in [1.54, 1.807) is 6.92 Å². The van der Waals surface area contributed by atoms with Crippen molar-refractivity contribution < 1.29 is 22.5 Å². The van der Waals surface area contributed by atoms with Crippen molar-refractivity contribution in [1.82, 2.24) is 15.1 Å². The maximum absolute atomic E-state index is 13.0. The Morgan fingerprint density at radius 3 is 2.67 bits per heavy atom. The molecule has 0 saturated heterocycles. The molecule has 0 bridgehead atoms. The molecule has 11 heteroatoms. The molecule has 0 unspecified atom stereocenters. The van der Waals surface area contributed by atoms with Gasteiger partial charge in [0.1, 0.15) is 5.69 Å². The molecule has 4 rings (SSSR count). The third-order valence-electron chi connectivity index (χ3n) is 4.33. The number of nitrogens with one attached hydrogen (secondary N) is 2. The van der Waals surface area contributed by atoms with Gasteiger partial charge in [0.05, 0.1) is 32.8 Å². The van der Waals surface area contributed by atoms with Gasteiger partial charge in [0.2, 0.25) is 0 Å². The second-order valence-electron chi connectivity index (χ2n) is 6.50. The molecule has 0 fully saturated rings. The van der Waals surface area contributed by atoms with Crippen molar-refractivity contribution in [3.8, 4) is 10.6 Å². The third kappa shape index (κ3) is 3.59. The topological polar surface area (TPSA) is 101 Å². The number of thiophene rings is 1. The molecule has 1 amide bonds. The van der Waals surface area contributed by atoms with Crippen LogP contribution in [0.2, 0.25) is 0 Å². The summed E-state index contributed by atoms with van der Waals surface area (Å²) in [6.45, 7) is 3.52. The van der Waals surface area contributed by atoms with Crippen LogP contribution < -0.4 is 10.9 Å². The third-order valence-corrected chi connectivity index (χ3v) is 5.36. The second-order valence-corrected chi connectivity index (χ2v) is 7.78. The fourth-order valence-electron chi connectivity index (χ4n) is 2.90. The molecule has 0 aliphatic rings. The number of rotatable bonds is 3. The summed E-state index contributed by atoms with van der Waals surface area (Å²) >= 11 is 1.45. The van der Waals surface area contributed by atoms with Gasteiger partial charge in [-0.05, 0) is 38.1 Å². The molecule has 4 aromatic heterocycles. The van der Waals surface area contributed by atoms with Gasteiger partial charge in [-0.15, -0.1) is 11.3 Å². The van der Waals surface area contributed by atoms with Crippen LogP contribution in [0.15, 0.2) is 39.8 Å². The number of pyridine rings is 2. The van der Waals surface area contributed by atoms with Crippen LogP contribution in [0.5, 0.6) is 0 Å². The first-order valence-electron chi connectivity index (χ1n) is 8.58. The summed E-state index contributed by atoms with van der Waals surface area (Å²) < 4.78 is 44.1. The molecule has 30 heavy (non-hydrogen) atoms. The van der Waals surface area contributed by atoms with Crippen LogP contribution in [0.4, 0.5) is 18.9 Å². The average molecular weight is 434 g/mol. The molecule has 154 valence electrons. The monoisotopic (exact) mass is 434 g/mol. The van der Waals surface area contributed by atoms with E-state index in [9.17, 15) is 22.8 Å². The van der Waals surface area contributed by atoms with Gasteiger partial charge in [-0.1, -0.05) is 5.16 Å². The van der Waals surface area contributed by atoms with Crippen molar-refractivity contribution in [3.05, 3.63) is 62.5 Å². The number of aryl methyl sites for hydroxylation is 2. The Morgan fingerprint density at radius 2 is 2.00 bits per heavy atom. The smallest absolute Gasteiger partial charge is 0.335 e. The molecule has 0 aliphatic carbocycles. The van der Waals surface area contributed by atoms with E-state index in [1.807, 2.05) is 24.0 Å². The number of carbonyl (C=O) groups is 1. The van der Waals surface area contributed by atoms with Crippen LogP contribution in [-0.2, 0) is 6.18 Å². The van der Waals surface area contributed by atoms with Crippen molar-refractivity contribution >= 4 is 34.0 Å². The number of H-pyrrole nitrogens is 1. The van der Waals surface area contributed by atoms with E-state index in [1.165, 1.54) is 17.4 Å². The summed E-state index contributed by atoms with van der Waals surface area (Å²) in [5, 5.41) is 6.39. The molecule has 0 aliphatic heterocycles. The lowest BCUT2D eigenvalue weighted by Gasteiger charge is -2.10. The zero-order valence-electron chi connectivity index (χ0n) is 15.5. The second kappa shape index (κ2) is 7.10. The van der Waals surface area contributed by atoms with Crippen LogP contribution in [0.25, 0.3) is 21.7 Å². The van der Waals surface area contributed by atoms with Crippen molar-refractivity contribution in [1.29, 1.82) is 0 Å². The SMILES string of the molecule is Cc1ccc(-c2cc(C(=O)Nc3cc(C(F)(F)F)c[nH]c3=O)c3c(C)noc3n2)s1. The number of nitrogens with zero attached hydrogens (tertiary/aromatic N) is 2. The van der Waals surface area contributed by atoms with E-state index in [0.29, 0.717) is 29.0 Å². The van der Waals surface area contributed by atoms with Gasteiger partial charge < -0.3 is 14.8 Å². The van der Waals surface area contributed by atoms with E-state index < -0.39 is 28.9 Å². The minimum absolute atomic E-state index is 0.0802. The quantitative estimate of drug-likeness (QED) is 0.494. The van der Waals surface area contributed by atoms with E-state index in [0.717, 1.165) is 9.75 Å². The van der Waals surface area contributed by atoms with Gasteiger partial charge in [-0.3, -0.25) is 9.59 Å². The number of carbonyl (C=O) groups excluding carboxylic acids is 1. The van der Waals surface area contributed by atoms with E-state index in [2.05, 4.69) is 15.5 Å². The summed E-state index contributed by atoms with van der Waals surface area (Å²) in [6, 6.07) is 5.80. The molecule has 0 aromatic carbocycles. The fourth-order valence-corrected chi connectivity index (χ4v) is 3.73. The fraction of sp³-hybridized carbons (Fsp3) is 0.158. The molecule has 4 heterocycles. The largest absolute Gasteiger partial charge is 0.417 e. The molecular weight excluding hydrogens is 421 g/mol. The van der Waals surface area contributed by atoms with Crippen molar-refractivity contribution in [2.75, 3.05) is 5.32 Å². The molecular formula is C19H13F3N4O3S. The Morgan fingerprint density at radius 1 is 1.23 bits per heavy atom. The molecule has 4 aromatic rings. The highest BCUT2D eigenvalue weighted by Crippen LogP contribution is 2.32. The van der Waals surface area contributed by atoms with Crippen molar-refractivity contribution in [3.63, 3.8) is 0 Å². The zero-order chi connectivity index (χ0) is 21.6. The lowest BCUT2D eigenvalue weighted by atomic mass is 10.1. The Hall–Kier alpha value is -3.47. The van der Waals surface area contributed by atoms with Crippen molar-refractivity contribution in [2.24, 2.45) is 0 Å². The van der Waals surface area contributed by atoms with Crippen LogP contribution in [0.1, 0.15) is 26.5 Å². The van der Waals surface area contributed by atoms with Gasteiger partial charge in [0.15, 0.2) is 0 Å². The lowest BCUT2D eigenvalue weighted by molar-refractivity contribution is -0.137. The van der Waals surface area contributed by atoms with Gasteiger partial charge in [-0.2, -0.15) is 13.2 Å². The van der Waals surface area contributed by atoms with Crippen LogP contribution >= 0.6 is 11.3 Å². The minimum Gasteiger partial charge on any atom is -0.335 e. The highest BCUT2D eigenvalue weighted by Gasteiger charge is 2.31. The first-order chi connectivity index (χ1) is 14.1. The minimum atomic E-state index is -4.68. The molecule has 0 radical (unpaired) electrons. The van der Waals surface area contributed by atoms with Crippen molar-refractivity contribution in [2.45, 2.75) is 20.0 Å². The average Bonchev–Trinajstić information content (AvgIpc) is 3.28. The first kappa shape index (κ1) is 19.8. The summed E-state index contributed by atoms with van der Waals surface area (Å²) in [5.74, 6) is -0.784. The molecule has 0 spiro atoms. The van der Waals surface area contributed by atoms with Gasteiger partial charge in [0, 0.05) is 11.1 Å². The zero-order valence-corrected chi connectivity index (χ0v) is 16.4. The number of hydrogen-bond donors (Lipinski definition) is 2.